The van der Waals surface area contributed by atoms with Gasteiger partial charge in [0.1, 0.15) is 5.60 Å². The number of H-pyrrole nitrogens is 1. The molecule has 7 heteroatoms. The first-order valence-electron chi connectivity index (χ1n) is 13.4. The van der Waals surface area contributed by atoms with Crippen LogP contribution in [-0.2, 0) is 4.74 Å². The molecule has 2 aromatic carbocycles. The summed E-state index contributed by atoms with van der Waals surface area (Å²) in [6, 6.07) is 20.1. The number of nitrogens with one attached hydrogen (secondary N) is 2. The van der Waals surface area contributed by atoms with Gasteiger partial charge in [-0.15, -0.1) is 0 Å². The van der Waals surface area contributed by atoms with Crippen LogP contribution in [0.15, 0.2) is 66.9 Å². The molecule has 1 spiro atoms. The second-order valence-corrected chi connectivity index (χ2v) is 10.8. The van der Waals surface area contributed by atoms with Crippen molar-refractivity contribution in [2.24, 2.45) is 5.92 Å². The Kier molecular flexibility index (Phi) is 5.47. The van der Waals surface area contributed by atoms with Crippen LogP contribution in [0.1, 0.15) is 54.2 Å². The minimum atomic E-state index is -0.0748. The van der Waals surface area contributed by atoms with Gasteiger partial charge in [0.2, 0.25) is 0 Å². The summed E-state index contributed by atoms with van der Waals surface area (Å²) < 4.78 is 5.75. The lowest BCUT2D eigenvalue weighted by atomic mass is 9.86. The zero-order valence-electron chi connectivity index (χ0n) is 20.8. The fourth-order valence-corrected chi connectivity index (χ4v) is 6.19. The van der Waals surface area contributed by atoms with Gasteiger partial charge < -0.3 is 15.0 Å². The molecule has 0 radical (unpaired) electrons. The molecule has 7 nitrogen and oxygen atoms in total. The number of ether oxygens (including phenoxy) is 1. The molecule has 0 bridgehead atoms. The minimum Gasteiger partial charge on any atom is -0.371 e. The highest BCUT2D eigenvalue weighted by Gasteiger charge is 2.49. The monoisotopic (exact) mass is 493 g/mol. The second kappa shape index (κ2) is 8.99. The Morgan fingerprint density at radius 1 is 1.08 bits per heavy atom. The van der Waals surface area contributed by atoms with Crippen molar-refractivity contribution in [1.82, 2.24) is 20.5 Å². The van der Waals surface area contributed by atoms with Gasteiger partial charge in [-0.25, -0.2) is 0 Å². The van der Waals surface area contributed by atoms with E-state index >= 15 is 0 Å². The molecular weight excluding hydrogens is 462 g/mol. The summed E-state index contributed by atoms with van der Waals surface area (Å²) >= 11 is 0. The minimum absolute atomic E-state index is 0.0723. The summed E-state index contributed by atoms with van der Waals surface area (Å²) in [4.78, 5) is 20.4. The van der Waals surface area contributed by atoms with Crippen molar-refractivity contribution < 1.29 is 9.53 Å². The first kappa shape index (κ1) is 22.5. The number of hydrogen-bond donors (Lipinski definition) is 2. The third kappa shape index (κ3) is 4.07. The smallest absolute Gasteiger partial charge is 0.251 e. The molecule has 2 aliphatic heterocycles. The molecular formula is C30H31N5O2. The van der Waals surface area contributed by atoms with Gasteiger partial charge in [-0.2, -0.15) is 5.10 Å². The lowest BCUT2D eigenvalue weighted by Crippen LogP contribution is -2.68. The fourth-order valence-electron chi connectivity index (χ4n) is 6.19. The van der Waals surface area contributed by atoms with Crippen LogP contribution < -0.4 is 10.2 Å². The van der Waals surface area contributed by atoms with Crippen LogP contribution in [0.3, 0.4) is 0 Å². The Labute approximate surface area is 216 Å². The van der Waals surface area contributed by atoms with E-state index in [2.05, 4.69) is 49.7 Å². The summed E-state index contributed by atoms with van der Waals surface area (Å²) in [6.07, 6.45) is 7.63. The molecule has 4 heterocycles. The predicted molar refractivity (Wildman–Crippen MR) is 143 cm³/mol. The van der Waals surface area contributed by atoms with Gasteiger partial charge in [-0.3, -0.25) is 14.9 Å². The van der Waals surface area contributed by atoms with Crippen LogP contribution in [0.2, 0.25) is 0 Å². The van der Waals surface area contributed by atoms with Gasteiger partial charge >= 0.3 is 0 Å². The van der Waals surface area contributed by atoms with E-state index in [0.29, 0.717) is 11.5 Å². The van der Waals surface area contributed by atoms with E-state index in [-0.39, 0.29) is 17.6 Å². The number of amides is 1. The largest absolute Gasteiger partial charge is 0.371 e. The summed E-state index contributed by atoms with van der Waals surface area (Å²) in [6.45, 7) is 2.83. The Morgan fingerprint density at radius 2 is 1.89 bits per heavy atom. The lowest BCUT2D eigenvalue weighted by Gasteiger charge is -2.56. The molecule has 37 heavy (non-hydrogen) atoms. The van der Waals surface area contributed by atoms with Crippen molar-refractivity contribution in [2.45, 2.75) is 43.7 Å². The maximum atomic E-state index is 13.5. The van der Waals surface area contributed by atoms with E-state index in [1.807, 2.05) is 36.4 Å². The standard InChI is InChI=1S/C30H31N5O2/c36-29(32-28(20-5-1-2-6-20)26-7-3-4-15-31-26)22-10-13-25-24(17-22)27(34-33-25)21-8-11-23(12-9-21)35-18-30(19-35)14-16-37-30/h3-4,7-13,15,17,20,28H,1-2,5-6,14,16,18-19H2,(H,32,36)(H,33,34)/t28-/m0/s1. The van der Waals surface area contributed by atoms with Crippen LogP contribution in [-0.4, -0.2) is 46.4 Å². The second-order valence-electron chi connectivity index (χ2n) is 10.8. The Morgan fingerprint density at radius 3 is 2.59 bits per heavy atom. The molecule has 2 aromatic heterocycles. The molecule has 1 atom stereocenters. The van der Waals surface area contributed by atoms with Crippen molar-refractivity contribution in [2.75, 3.05) is 24.6 Å². The number of nitrogens with zero attached hydrogens (tertiary/aromatic N) is 3. The molecule has 1 aliphatic carbocycles. The van der Waals surface area contributed by atoms with Crippen LogP contribution in [0.5, 0.6) is 0 Å². The number of fused-ring (bicyclic) bond motifs is 1. The zero-order chi connectivity index (χ0) is 24.8. The van der Waals surface area contributed by atoms with Crippen molar-refractivity contribution in [3.8, 4) is 11.3 Å². The number of hydrogen-bond acceptors (Lipinski definition) is 5. The third-order valence-corrected chi connectivity index (χ3v) is 8.42. The van der Waals surface area contributed by atoms with E-state index in [1.54, 1.807) is 6.20 Å². The number of aromatic amines is 1. The summed E-state index contributed by atoms with van der Waals surface area (Å²) in [7, 11) is 0. The number of rotatable bonds is 6. The van der Waals surface area contributed by atoms with Crippen molar-refractivity contribution >= 4 is 22.5 Å². The number of aromatic nitrogens is 3. The quantitative estimate of drug-likeness (QED) is 0.383. The number of pyridine rings is 1. The first-order chi connectivity index (χ1) is 18.2. The molecule has 2 saturated heterocycles. The topological polar surface area (TPSA) is 83.1 Å². The number of benzene rings is 2. The van der Waals surface area contributed by atoms with E-state index in [4.69, 9.17) is 4.74 Å². The Hall–Kier alpha value is -3.71. The van der Waals surface area contributed by atoms with Crippen LogP contribution in [0, 0.1) is 5.92 Å². The molecule has 0 unspecified atom stereocenters. The zero-order valence-corrected chi connectivity index (χ0v) is 20.8. The molecule has 4 aromatic rings. The van der Waals surface area contributed by atoms with Crippen LogP contribution >= 0.6 is 0 Å². The molecule has 2 N–H and O–H groups in total. The van der Waals surface area contributed by atoms with E-state index in [0.717, 1.165) is 60.4 Å². The van der Waals surface area contributed by atoms with Gasteiger partial charge in [0.25, 0.3) is 5.91 Å². The van der Waals surface area contributed by atoms with Gasteiger partial charge in [0.05, 0.1) is 29.6 Å². The lowest BCUT2D eigenvalue weighted by molar-refractivity contribution is -0.160. The van der Waals surface area contributed by atoms with E-state index < -0.39 is 0 Å². The SMILES string of the molecule is O=C(N[C@H](c1ccccn1)C1CCCC1)c1ccc2[nH]nc(-c3ccc(N4CC5(CCO5)C4)cc3)c2c1. The molecule has 7 rings (SSSR count). The number of carbonyl (C=O) groups excluding carboxylic acids is 1. The van der Waals surface area contributed by atoms with Crippen molar-refractivity contribution in [1.29, 1.82) is 0 Å². The molecule has 1 amide bonds. The fraction of sp³-hybridized carbons (Fsp3) is 0.367. The van der Waals surface area contributed by atoms with Gasteiger partial charge in [0, 0.05) is 47.9 Å². The number of carbonyl (C=O) groups is 1. The summed E-state index contributed by atoms with van der Waals surface area (Å²) in [5, 5.41) is 12.0. The Balaban J connectivity index is 1.12. The third-order valence-electron chi connectivity index (χ3n) is 8.42. The molecule has 3 fully saturated rings. The average molecular weight is 494 g/mol. The van der Waals surface area contributed by atoms with E-state index in [9.17, 15) is 4.79 Å². The summed E-state index contributed by atoms with van der Waals surface area (Å²) in [5.74, 6) is 0.347. The first-order valence-corrected chi connectivity index (χ1v) is 13.4. The highest BCUT2D eigenvalue weighted by Crippen LogP contribution is 2.39. The molecule has 188 valence electrons. The van der Waals surface area contributed by atoms with Crippen LogP contribution in [0.25, 0.3) is 22.2 Å². The molecule has 1 saturated carbocycles. The summed E-state index contributed by atoms with van der Waals surface area (Å²) in [5.41, 5.74) is 5.69. The van der Waals surface area contributed by atoms with Gasteiger partial charge in [0.15, 0.2) is 0 Å². The van der Waals surface area contributed by atoms with Crippen molar-refractivity contribution in [3.63, 3.8) is 0 Å². The normalized spacial score (nSPS) is 19.5. The van der Waals surface area contributed by atoms with Gasteiger partial charge in [-0.05, 0) is 61.2 Å². The van der Waals surface area contributed by atoms with E-state index in [1.165, 1.54) is 24.9 Å². The van der Waals surface area contributed by atoms with Crippen molar-refractivity contribution in [3.05, 3.63) is 78.1 Å². The Bertz CT molecular complexity index is 1410. The van der Waals surface area contributed by atoms with Crippen LogP contribution in [0.4, 0.5) is 5.69 Å². The highest BCUT2D eigenvalue weighted by molar-refractivity contribution is 6.01. The maximum absolute atomic E-state index is 13.5. The maximum Gasteiger partial charge on any atom is 0.251 e. The number of anilines is 1. The molecule has 3 aliphatic rings. The average Bonchev–Trinajstić information content (AvgIpc) is 3.56. The predicted octanol–water partition coefficient (Wildman–Crippen LogP) is 5.27. The highest BCUT2D eigenvalue weighted by atomic mass is 16.5. The van der Waals surface area contributed by atoms with Gasteiger partial charge in [-0.1, -0.05) is 31.0 Å².